The van der Waals surface area contributed by atoms with Gasteiger partial charge in [-0.15, -0.1) is 11.3 Å². The lowest BCUT2D eigenvalue weighted by Gasteiger charge is -2.09. The number of pyridine rings is 1. The summed E-state index contributed by atoms with van der Waals surface area (Å²) < 4.78 is 4.90. The summed E-state index contributed by atoms with van der Waals surface area (Å²) in [5, 5.41) is 5.17. The maximum absolute atomic E-state index is 12.0. The lowest BCUT2D eigenvalue weighted by molar-refractivity contribution is -0.118. The molecule has 3 rings (SSSR count). The van der Waals surface area contributed by atoms with Gasteiger partial charge in [0, 0.05) is 29.4 Å². The number of rotatable bonds is 6. The van der Waals surface area contributed by atoms with Crippen LogP contribution in [0.5, 0.6) is 0 Å². The molecule has 0 spiro atoms. The lowest BCUT2D eigenvalue weighted by atomic mass is 10.0. The molecule has 0 aliphatic carbocycles. The van der Waals surface area contributed by atoms with Crippen molar-refractivity contribution in [3.63, 3.8) is 0 Å². The van der Waals surface area contributed by atoms with Crippen molar-refractivity contribution in [2.75, 3.05) is 19.0 Å². The summed E-state index contributed by atoms with van der Waals surface area (Å²) in [6.07, 6.45) is 0. The number of anilines is 1. The number of aryl methyl sites for hydroxylation is 2. The van der Waals surface area contributed by atoms with Crippen LogP contribution in [-0.4, -0.2) is 35.6 Å². The van der Waals surface area contributed by atoms with Crippen molar-refractivity contribution in [3.05, 3.63) is 53.2 Å². The number of methoxy groups -OCH3 is 1. The largest absolute Gasteiger partial charge is 0.383 e. The number of benzene rings is 1. The summed E-state index contributed by atoms with van der Waals surface area (Å²) in [5.74, 6) is -0.311. The van der Waals surface area contributed by atoms with Gasteiger partial charge in [-0.05, 0) is 43.2 Å². The Morgan fingerprint density at radius 2 is 1.85 bits per heavy atom. The third kappa shape index (κ3) is 4.77. The Balaban J connectivity index is 1.82. The number of thiazole rings is 1. The molecule has 0 radical (unpaired) electrons. The Labute approximate surface area is 162 Å². The highest BCUT2D eigenvalue weighted by atomic mass is 32.1. The van der Waals surface area contributed by atoms with Crippen LogP contribution in [0.3, 0.4) is 0 Å². The summed E-state index contributed by atoms with van der Waals surface area (Å²) in [7, 11) is 1.51. The summed E-state index contributed by atoms with van der Waals surface area (Å²) in [6.45, 7) is 4.14. The summed E-state index contributed by atoms with van der Waals surface area (Å²) >= 11 is 1.37. The van der Waals surface area contributed by atoms with E-state index < -0.39 is 6.04 Å². The van der Waals surface area contributed by atoms with E-state index >= 15 is 0 Å². The maximum atomic E-state index is 12.0. The summed E-state index contributed by atoms with van der Waals surface area (Å²) in [6, 6.07) is 11.6. The monoisotopic (exact) mass is 382 g/mol. The van der Waals surface area contributed by atoms with Crippen LogP contribution < -0.4 is 11.1 Å². The average molecular weight is 382 g/mol. The molecule has 1 amide bonds. The molecule has 6 nitrogen and oxygen atoms in total. The van der Waals surface area contributed by atoms with Gasteiger partial charge in [0.15, 0.2) is 5.13 Å². The van der Waals surface area contributed by atoms with E-state index in [-0.39, 0.29) is 12.5 Å². The average Bonchev–Trinajstić information content (AvgIpc) is 3.10. The molecular formula is C20H22N4O2S. The lowest BCUT2D eigenvalue weighted by Crippen LogP contribution is -2.39. The maximum Gasteiger partial charge on any atom is 0.245 e. The molecule has 2 heterocycles. The molecular weight excluding hydrogens is 360 g/mol. The van der Waals surface area contributed by atoms with Crippen molar-refractivity contribution in [2.24, 2.45) is 5.73 Å². The smallest absolute Gasteiger partial charge is 0.245 e. The third-order valence-electron chi connectivity index (χ3n) is 3.99. The van der Waals surface area contributed by atoms with E-state index in [0.717, 1.165) is 33.8 Å². The van der Waals surface area contributed by atoms with Crippen LogP contribution in [0.2, 0.25) is 0 Å². The molecule has 27 heavy (non-hydrogen) atoms. The van der Waals surface area contributed by atoms with Gasteiger partial charge in [-0.25, -0.2) is 4.98 Å². The zero-order valence-electron chi connectivity index (χ0n) is 15.5. The van der Waals surface area contributed by atoms with Crippen molar-refractivity contribution < 1.29 is 9.53 Å². The van der Waals surface area contributed by atoms with Crippen LogP contribution >= 0.6 is 11.3 Å². The molecule has 0 saturated carbocycles. The van der Waals surface area contributed by atoms with Crippen molar-refractivity contribution in [1.29, 1.82) is 0 Å². The van der Waals surface area contributed by atoms with Gasteiger partial charge in [0.25, 0.3) is 0 Å². The van der Waals surface area contributed by atoms with Crippen LogP contribution in [-0.2, 0) is 9.53 Å². The molecule has 0 bridgehead atoms. The van der Waals surface area contributed by atoms with Gasteiger partial charge in [-0.2, -0.15) is 0 Å². The zero-order valence-corrected chi connectivity index (χ0v) is 16.3. The van der Waals surface area contributed by atoms with Gasteiger partial charge in [0.2, 0.25) is 5.91 Å². The highest BCUT2D eigenvalue weighted by Gasteiger charge is 2.15. The number of hydrogen-bond acceptors (Lipinski definition) is 6. The number of nitrogens with zero attached hydrogens (tertiary/aromatic N) is 2. The molecule has 1 atom stereocenters. The molecule has 7 heteroatoms. The normalized spacial score (nSPS) is 12.0. The number of hydrogen-bond donors (Lipinski definition) is 2. The van der Waals surface area contributed by atoms with Gasteiger partial charge >= 0.3 is 0 Å². The molecule has 140 valence electrons. The number of amides is 1. The Bertz CT molecular complexity index is 934. The quantitative estimate of drug-likeness (QED) is 0.682. The number of carbonyl (C=O) groups excluding carboxylic acids is 1. The summed E-state index contributed by atoms with van der Waals surface area (Å²) in [4.78, 5) is 20.9. The van der Waals surface area contributed by atoms with Crippen LogP contribution in [0.1, 0.15) is 11.4 Å². The number of nitrogens with one attached hydrogen (secondary N) is 1. The van der Waals surface area contributed by atoms with Crippen LogP contribution in [0.4, 0.5) is 5.13 Å². The minimum absolute atomic E-state index is 0.164. The Hall–Kier alpha value is -2.61. The molecule has 0 aliphatic heterocycles. The number of nitrogens with two attached hydrogens (primary N) is 1. The molecule has 0 saturated heterocycles. The first-order chi connectivity index (χ1) is 13.0. The predicted molar refractivity (Wildman–Crippen MR) is 109 cm³/mol. The van der Waals surface area contributed by atoms with Gasteiger partial charge in [-0.3, -0.25) is 9.78 Å². The zero-order chi connectivity index (χ0) is 19.4. The molecule has 2 aromatic heterocycles. The Kier molecular flexibility index (Phi) is 5.95. The number of ether oxygens (including phenoxy) is 1. The van der Waals surface area contributed by atoms with Crippen LogP contribution in [0, 0.1) is 13.8 Å². The SMILES string of the molecule is COCC(N)C(=O)Nc1nc(-c2cccc(-c3cc(C)nc(C)c3)c2)cs1. The highest BCUT2D eigenvalue weighted by molar-refractivity contribution is 7.14. The van der Waals surface area contributed by atoms with Crippen molar-refractivity contribution >= 4 is 22.4 Å². The van der Waals surface area contributed by atoms with Crippen LogP contribution in [0.25, 0.3) is 22.4 Å². The minimum atomic E-state index is -0.719. The fraction of sp³-hybridized carbons (Fsp3) is 0.250. The van der Waals surface area contributed by atoms with Crippen LogP contribution in [0.15, 0.2) is 41.8 Å². The van der Waals surface area contributed by atoms with Gasteiger partial charge in [0.1, 0.15) is 6.04 Å². The van der Waals surface area contributed by atoms with Gasteiger partial charge < -0.3 is 15.8 Å². The molecule has 1 unspecified atom stereocenters. The van der Waals surface area contributed by atoms with E-state index in [2.05, 4.69) is 39.6 Å². The number of carbonyl (C=O) groups is 1. The van der Waals surface area contributed by atoms with Gasteiger partial charge in [0.05, 0.1) is 12.3 Å². The van der Waals surface area contributed by atoms with Crippen molar-refractivity contribution in [1.82, 2.24) is 9.97 Å². The third-order valence-corrected chi connectivity index (χ3v) is 4.75. The van der Waals surface area contributed by atoms with Crippen molar-refractivity contribution in [2.45, 2.75) is 19.9 Å². The minimum Gasteiger partial charge on any atom is -0.383 e. The number of aromatic nitrogens is 2. The molecule has 3 N–H and O–H groups in total. The first kappa shape index (κ1) is 19.2. The van der Waals surface area contributed by atoms with E-state index in [1.807, 2.05) is 31.4 Å². The second-order valence-electron chi connectivity index (χ2n) is 6.31. The Morgan fingerprint density at radius 1 is 1.15 bits per heavy atom. The van der Waals surface area contributed by atoms with Crippen molar-refractivity contribution in [3.8, 4) is 22.4 Å². The van der Waals surface area contributed by atoms with E-state index in [4.69, 9.17) is 10.5 Å². The standard InChI is InChI=1S/C20H22N4O2S/c1-12-7-16(8-13(2)22-12)14-5-4-6-15(9-14)18-11-27-20(23-18)24-19(25)17(21)10-26-3/h4-9,11,17H,10,21H2,1-3H3,(H,23,24,25). The van der Waals surface area contributed by atoms with Gasteiger partial charge in [-0.1, -0.05) is 18.2 Å². The first-order valence-electron chi connectivity index (χ1n) is 8.53. The Morgan fingerprint density at radius 3 is 2.56 bits per heavy atom. The van der Waals surface area contributed by atoms with E-state index in [9.17, 15) is 4.79 Å². The van der Waals surface area contributed by atoms with E-state index in [1.165, 1.54) is 18.4 Å². The predicted octanol–water partition coefficient (Wildman–Crippen LogP) is 3.40. The topological polar surface area (TPSA) is 90.1 Å². The molecule has 0 aliphatic rings. The molecule has 1 aromatic carbocycles. The molecule has 3 aromatic rings. The first-order valence-corrected chi connectivity index (χ1v) is 9.41. The fourth-order valence-corrected chi connectivity index (χ4v) is 3.50. The second kappa shape index (κ2) is 8.39. The second-order valence-corrected chi connectivity index (χ2v) is 7.17. The highest BCUT2D eigenvalue weighted by Crippen LogP contribution is 2.29. The fourth-order valence-electron chi connectivity index (χ4n) is 2.78. The summed E-state index contributed by atoms with van der Waals surface area (Å²) in [5.41, 5.74) is 11.7. The van der Waals surface area contributed by atoms with E-state index in [1.54, 1.807) is 0 Å². The van der Waals surface area contributed by atoms with E-state index in [0.29, 0.717) is 5.13 Å². The molecule has 0 fully saturated rings.